The summed E-state index contributed by atoms with van der Waals surface area (Å²) in [4.78, 5) is 9.04. The predicted molar refractivity (Wildman–Crippen MR) is 125 cm³/mol. The summed E-state index contributed by atoms with van der Waals surface area (Å²) in [5, 5.41) is 10.6. The quantitative estimate of drug-likeness (QED) is 0.620. The number of aromatic nitrogens is 2. The zero-order valence-corrected chi connectivity index (χ0v) is 20.0. The van der Waals surface area contributed by atoms with Crippen molar-refractivity contribution in [3.63, 3.8) is 0 Å². The molecule has 0 spiro atoms. The summed E-state index contributed by atoms with van der Waals surface area (Å²) >= 11 is 0. The maximum atomic E-state index is 13.6. The third-order valence-electron chi connectivity index (χ3n) is 5.37. The SMILES string of the molecule is CC(C)c1nc(N(C)S(C)(=O)=O)nc(-c2ccc(F)cc2)c1/C=C/[C@@H](O)C[C@@H]1CCOCO1. The maximum absolute atomic E-state index is 13.6. The number of hydrogen-bond acceptors (Lipinski definition) is 7. The molecule has 1 N–H and O–H groups in total. The van der Waals surface area contributed by atoms with Gasteiger partial charge in [0.05, 0.1) is 36.5 Å². The van der Waals surface area contributed by atoms with Crippen LogP contribution in [0.3, 0.4) is 0 Å². The molecule has 0 radical (unpaired) electrons. The number of rotatable bonds is 8. The lowest BCUT2D eigenvalue weighted by atomic mass is 9.97. The van der Waals surface area contributed by atoms with Crippen LogP contribution in [0, 0.1) is 5.82 Å². The first-order valence-corrected chi connectivity index (χ1v) is 12.6. The topological polar surface area (TPSA) is 102 Å². The van der Waals surface area contributed by atoms with Gasteiger partial charge in [-0.3, -0.25) is 0 Å². The van der Waals surface area contributed by atoms with Gasteiger partial charge in [-0.15, -0.1) is 0 Å². The van der Waals surface area contributed by atoms with Crippen molar-refractivity contribution in [2.75, 3.05) is 31.0 Å². The van der Waals surface area contributed by atoms with Gasteiger partial charge in [0, 0.05) is 24.6 Å². The Hall–Kier alpha value is -2.40. The van der Waals surface area contributed by atoms with Crippen molar-refractivity contribution in [2.45, 2.75) is 44.8 Å². The number of nitrogens with zero attached hydrogens (tertiary/aromatic N) is 3. The largest absolute Gasteiger partial charge is 0.389 e. The van der Waals surface area contributed by atoms with Crippen LogP contribution in [0.15, 0.2) is 30.3 Å². The van der Waals surface area contributed by atoms with Gasteiger partial charge in [0.15, 0.2) is 0 Å². The molecule has 0 aliphatic carbocycles. The van der Waals surface area contributed by atoms with Gasteiger partial charge < -0.3 is 14.6 Å². The molecule has 180 valence electrons. The van der Waals surface area contributed by atoms with Gasteiger partial charge in [-0.05, 0) is 36.6 Å². The van der Waals surface area contributed by atoms with Crippen molar-refractivity contribution < 1.29 is 27.4 Å². The number of aliphatic hydroxyl groups excluding tert-OH is 1. The van der Waals surface area contributed by atoms with Gasteiger partial charge in [0.1, 0.15) is 12.6 Å². The van der Waals surface area contributed by atoms with Gasteiger partial charge in [-0.1, -0.05) is 26.0 Å². The number of halogens is 1. The van der Waals surface area contributed by atoms with E-state index in [1.54, 1.807) is 24.3 Å². The Morgan fingerprint density at radius 2 is 1.97 bits per heavy atom. The van der Waals surface area contributed by atoms with Crippen LogP contribution in [-0.2, 0) is 19.5 Å². The molecular weight excluding hydrogens is 449 g/mol. The molecule has 2 aromatic rings. The molecule has 33 heavy (non-hydrogen) atoms. The Bertz CT molecular complexity index is 1080. The van der Waals surface area contributed by atoms with E-state index in [4.69, 9.17) is 9.47 Å². The molecule has 1 fully saturated rings. The van der Waals surface area contributed by atoms with E-state index >= 15 is 0 Å². The normalized spacial score (nSPS) is 18.1. The minimum absolute atomic E-state index is 0.0221. The van der Waals surface area contributed by atoms with Crippen molar-refractivity contribution in [2.24, 2.45) is 0 Å². The monoisotopic (exact) mass is 479 g/mol. The van der Waals surface area contributed by atoms with E-state index in [1.165, 1.54) is 19.2 Å². The third-order valence-corrected chi connectivity index (χ3v) is 6.53. The van der Waals surface area contributed by atoms with Gasteiger partial charge in [-0.2, -0.15) is 0 Å². The molecule has 1 aliphatic rings. The summed E-state index contributed by atoms with van der Waals surface area (Å²) in [7, 11) is -2.21. The second kappa shape index (κ2) is 10.7. The molecule has 0 amide bonds. The Kier molecular flexibility index (Phi) is 8.17. The zero-order valence-electron chi connectivity index (χ0n) is 19.2. The van der Waals surface area contributed by atoms with E-state index in [2.05, 4.69) is 9.97 Å². The van der Waals surface area contributed by atoms with Crippen LogP contribution >= 0.6 is 0 Å². The van der Waals surface area contributed by atoms with Gasteiger partial charge >= 0.3 is 0 Å². The first-order valence-electron chi connectivity index (χ1n) is 10.7. The summed E-state index contributed by atoms with van der Waals surface area (Å²) in [6.07, 6.45) is 4.72. The Labute approximate surface area is 194 Å². The number of hydrogen-bond donors (Lipinski definition) is 1. The summed E-state index contributed by atoms with van der Waals surface area (Å²) in [6.45, 7) is 4.68. The average molecular weight is 480 g/mol. The summed E-state index contributed by atoms with van der Waals surface area (Å²) in [6, 6.07) is 5.79. The van der Waals surface area contributed by atoms with Crippen LogP contribution in [0.25, 0.3) is 17.3 Å². The summed E-state index contributed by atoms with van der Waals surface area (Å²) in [5.74, 6) is -0.447. The number of benzene rings is 1. The van der Waals surface area contributed by atoms with Crippen LogP contribution in [0.5, 0.6) is 0 Å². The molecule has 8 nitrogen and oxygen atoms in total. The molecule has 1 aromatic heterocycles. The summed E-state index contributed by atoms with van der Waals surface area (Å²) < 4.78 is 49.5. The van der Waals surface area contributed by atoms with Crippen LogP contribution in [-0.4, -0.2) is 62.4 Å². The number of ether oxygens (including phenoxy) is 2. The maximum Gasteiger partial charge on any atom is 0.239 e. The summed E-state index contributed by atoms with van der Waals surface area (Å²) in [5.41, 5.74) is 2.30. The lowest BCUT2D eigenvalue weighted by Gasteiger charge is -2.24. The van der Waals surface area contributed by atoms with E-state index in [0.29, 0.717) is 42.0 Å². The zero-order chi connectivity index (χ0) is 24.2. The van der Waals surface area contributed by atoms with Crippen molar-refractivity contribution >= 4 is 22.0 Å². The van der Waals surface area contributed by atoms with Crippen molar-refractivity contribution in [1.82, 2.24) is 9.97 Å². The lowest BCUT2D eigenvalue weighted by molar-refractivity contribution is -0.145. The molecular formula is C23H30FN3O5S. The van der Waals surface area contributed by atoms with Crippen LogP contribution in [0.2, 0.25) is 0 Å². The molecule has 2 atom stereocenters. The number of sulfonamides is 1. The molecule has 1 saturated heterocycles. The lowest BCUT2D eigenvalue weighted by Crippen LogP contribution is -2.28. The van der Waals surface area contributed by atoms with Gasteiger partial charge in [0.2, 0.25) is 16.0 Å². The minimum Gasteiger partial charge on any atom is -0.389 e. The Morgan fingerprint density at radius 1 is 1.27 bits per heavy atom. The van der Waals surface area contributed by atoms with Crippen LogP contribution in [0.1, 0.15) is 43.9 Å². The van der Waals surface area contributed by atoms with E-state index in [0.717, 1.165) is 10.6 Å². The van der Waals surface area contributed by atoms with Crippen molar-refractivity contribution in [3.05, 3.63) is 47.4 Å². The fraction of sp³-hybridized carbons (Fsp3) is 0.478. The molecule has 1 aliphatic heterocycles. The first kappa shape index (κ1) is 25.2. The second-order valence-electron chi connectivity index (χ2n) is 8.33. The van der Waals surface area contributed by atoms with Crippen LogP contribution in [0.4, 0.5) is 10.3 Å². The van der Waals surface area contributed by atoms with Gasteiger partial charge in [0.25, 0.3) is 0 Å². The molecule has 1 aromatic carbocycles. The molecule has 3 rings (SSSR count). The average Bonchev–Trinajstić information content (AvgIpc) is 2.77. The minimum atomic E-state index is -3.59. The van der Waals surface area contributed by atoms with Gasteiger partial charge in [-0.25, -0.2) is 27.1 Å². The molecule has 2 heterocycles. The van der Waals surface area contributed by atoms with E-state index in [-0.39, 0.29) is 24.8 Å². The van der Waals surface area contributed by atoms with E-state index in [9.17, 15) is 17.9 Å². The highest BCUT2D eigenvalue weighted by Crippen LogP contribution is 2.31. The fourth-order valence-electron chi connectivity index (χ4n) is 3.44. The standard InChI is InChI=1S/C23H30FN3O5S/c1-15(2)21-20(10-9-18(28)13-19-11-12-31-14-32-19)22(16-5-7-17(24)8-6-16)26-23(25-21)27(3)33(4,29)30/h5-10,15,18-19,28H,11-14H2,1-4H3/b10-9+/t18-,19+/m1/s1. The molecule has 0 bridgehead atoms. The Morgan fingerprint density at radius 3 is 2.55 bits per heavy atom. The second-order valence-corrected chi connectivity index (χ2v) is 10.3. The van der Waals surface area contributed by atoms with E-state index in [1.807, 2.05) is 13.8 Å². The highest BCUT2D eigenvalue weighted by molar-refractivity contribution is 7.92. The number of aliphatic hydroxyl groups is 1. The third kappa shape index (κ3) is 6.57. The highest BCUT2D eigenvalue weighted by Gasteiger charge is 2.23. The molecule has 0 saturated carbocycles. The highest BCUT2D eigenvalue weighted by atomic mass is 32.2. The van der Waals surface area contributed by atoms with E-state index < -0.39 is 21.9 Å². The van der Waals surface area contributed by atoms with Crippen LogP contribution < -0.4 is 4.31 Å². The van der Waals surface area contributed by atoms with Crippen molar-refractivity contribution in [1.29, 1.82) is 0 Å². The molecule has 10 heteroatoms. The predicted octanol–water partition coefficient (Wildman–Crippen LogP) is 3.33. The molecule has 0 unspecified atom stereocenters. The Balaban J connectivity index is 2.06. The smallest absolute Gasteiger partial charge is 0.239 e. The van der Waals surface area contributed by atoms with Crippen molar-refractivity contribution in [3.8, 4) is 11.3 Å². The first-order chi connectivity index (χ1) is 15.6. The number of anilines is 1. The fourth-order valence-corrected chi connectivity index (χ4v) is 3.82.